The summed E-state index contributed by atoms with van der Waals surface area (Å²) in [6.45, 7) is 2.00. The molecule has 1 saturated carbocycles. The quantitative estimate of drug-likeness (QED) is 0.816. The molecule has 1 fully saturated rings. The number of fused-ring (bicyclic) bond motifs is 1. The van der Waals surface area contributed by atoms with Crippen molar-refractivity contribution < 1.29 is 0 Å². The summed E-state index contributed by atoms with van der Waals surface area (Å²) in [4.78, 5) is 9.43. The molecule has 4 nitrogen and oxygen atoms in total. The Kier molecular flexibility index (Phi) is 1.67. The van der Waals surface area contributed by atoms with Crippen molar-refractivity contribution in [1.82, 2.24) is 14.3 Å². The monoisotopic (exact) mass is 206 g/mol. The van der Waals surface area contributed by atoms with Crippen molar-refractivity contribution in [2.45, 2.75) is 25.8 Å². The van der Waals surface area contributed by atoms with E-state index in [0.717, 1.165) is 21.7 Å². The zero-order valence-corrected chi connectivity index (χ0v) is 8.64. The van der Waals surface area contributed by atoms with Crippen LogP contribution in [0.1, 0.15) is 18.5 Å². The predicted molar refractivity (Wildman–Crippen MR) is 56.6 cm³/mol. The van der Waals surface area contributed by atoms with E-state index in [0.29, 0.717) is 6.04 Å². The second-order valence-electron chi connectivity index (χ2n) is 3.59. The fourth-order valence-corrected chi connectivity index (χ4v) is 2.20. The Hall–Kier alpha value is -1.23. The summed E-state index contributed by atoms with van der Waals surface area (Å²) in [5.74, 6) is 0.948. The lowest BCUT2D eigenvalue weighted by Crippen LogP contribution is -2.03. The van der Waals surface area contributed by atoms with Crippen molar-refractivity contribution in [2.75, 3.05) is 5.32 Å². The molecule has 1 aliphatic rings. The Bertz CT molecular complexity index is 475. The van der Waals surface area contributed by atoms with Crippen LogP contribution in [-0.4, -0.2) is 20.4 Å². The van der Waals surface area contributed by atoms with Gasteiger partial charge in [-0.2, -0.15) is 4.37 Å². The maximum Gasteiger partial charge on any atom is 0.149 e. The maximum atomic E-state index is 4.28. The van der Waals surface area contributed by atoms with Gasteiger partial charge >= 0.3 is 0 Å². The molecule has 1 N–H and O–H groups in total. The highest BCUT2D eigenvalue weighted by atomic mass is 32.1. The molecule has 0 unspecified atom stereocenters. The number of hydrogen-bond donors (Lipinski definition) is 1. The third kappa shape index (κ3) is 1.24. The van der Waals surface area contributed by atoms with Crippen molar-refractivity contribution >= 4 is 27.6 Å². The van der Waals surface area contributed by atoms with E-state index in [2.05, 4.69) is 19.7 Å². The lowest BCUT2D eigenvalue weighted by atomic mass is 10.3. The molecule has 0 radical (unpaired) electrons. The van der Waals surface area contributed by atoms with Crippen LogP contribution in [0.2, 0.25) is 0 Å². The summed E-state index contributed by atoms with van der Waals surface area (Å²) in [7, 11) is 0. The van der Waals surface area contributed by atoms with Gasteiger partial charge in [-0.05, 0) is 31.3 Å². The standard InChI is InChI=1S/C9H10N4S/c1-5-7-8(12-6-2-3-6)10-4-11-9(7)14-13-5/h4,6H,2-3H2,1H3,(H,10,11,12). The summed E-state index contributed by atoms with van der Waals surface area (Å²) >= 11 is 1.43. The molecule has 5 heteroatoms. The van der Waals surface area contributed by atoms with E-state index in [1.54, 1.807) is 6.33 Å². The zero-order valence-electron chi connectivity index (χ0n) is 7.82. The third-order valence-corrected chi connectivity index (χ3v) is 3.21. The highest BCUT2D eigenvalue weighted by molar-refractivity contribution is 7.13. The molecular weight excluding hydrogens is 196 g/mol. The third-order valence-electron chi connectivity index (χ3n) is 2.36. The molecule has 2 aromatic rings. The second kappa shape index (κ2) is 2.88. The lowest BCUT2D eigenvalue weighted by molar-refractivity contribution is 1.10. The van der Waals surface area contributed by atoms with Gasteiger partial charge in [-0.1, -0.05) is 0 Å². The van der Waals surface area contributed by atoms with Gasteiger partial charge in [0.25, 0.3) is 0 Å². The van der Waals surface area contributed by atoms with Crippen molar-refractivity contribution in [3.05, 3.63) is 12.0 Å². The molecule has 2 heterocycles. The smallest absolute Gasteiger partial charge is 0.149 e. The van der Waals surface area contributed by atoms with Gasteiger partial charge < -0.3 is 5.32 Å². The molecule has 0 aliphatic heterocycles. The Morgan fingerprint density at radius 2 is 2.29 bits per heavy atom. The van der Waals surface area contributed by atoms with Gasteiger partial charge in [0.05, 0.1) is 11.1 Å². The van der Waals surface area contributed by atoms with Crippen LogP contribution in [0.3, 0.4) is 0 Å². The average Bonchev–Trinajstić information content (AvgIpc) is 2.91. The maximum absolute atomic E-state index is 4.28. The number of nitrogens with zero attached hydrogens (tertiary/aromatic N) is 3. The Labute approximate surface area is 85.6 Å². The number of aromatic nitrogens is 3. The van der Waals surface area contributed by atoms with Crippen molar-refractivity contribution in [3.63, 3.8) is 0 Å². The van der Waals surface area contributed by atoms with E-state index in [1.807, 2.05) is 6.92 Å². The first-order valence-electron chi connectivity index (χ1n) is 4.68. The minimum absolute atomic E-state index is 0.618. The topological polar surface area (TPSA) is 50.7 Å². The number of nitrogens with one attached hydrogen (secondary N) is 1. The van der Waals surface area contributed by atoms with Crippen molar-refractivity contribution in [1.29, 1.82) is 0 Å². The molecule has 72 valence electrons. The summed E-state index contributed by atoms with van der Waals surface area (Å²) < 4.78 is 4.28. The molecule has 0 atom stereocenters. The molecule has 0 spiro atoms. The second-order valence-corrected chi connectivity index (χ2v) is 4.34. The summed E-state index contributed by atoms with van der Waals surface area (Å²) in [6.07, 6.45) is 4.11. The van der Waals surface area contributed by atoms with E-state index in [4.69, 9.17) is 0 Å². The van der Waals surface area contributed by atoms with Crippen LogP contribution < -0.4 is 5.32 Å². The Morgan fingerprint density at radius 1 is 1.43 bits per heavy atom. The van der Waals surface area contributed by atoms with Crippen LogP contribution in [0.4, 0.5) is 5.82 Å². The molecular formula is C9H10N4S. The van der Waals surface area contributed by atoms with E-state index in [1.165, 1.54) is 24.4 Å². The Balaban J connectivity index is 2.14. The molecule has 0 bridgehead atoms. The first-order chi connectivity index (χ1) is 6.84. The fourth-order valence-electron chi connectivity index (χ4n) is 1.45. The van der Waals surface area contributed by atoms with Gasteiger partial charge in [0.2, 0.25) is 0 Å². The zero-order chi connectivity index (χ0) is 9.54. The number of hydrogen-bond acceptors (Lipinski definition) is 5. The Morgan fingerprint density at radius 3 is 3.07 bits per heavy atom. The van der Waals surface area contributed by atoms with Crippen molar-refractivity contribution in [3.8, 4) is 0 Å². The largest absolute Gasteiger partial charge is 0.367 e. The van der Waals surface area contributed by atoms with Crippen LogP contribution in [-0.2, 0) is 0 Å². The van der Waals surface area contributed by atoms with Crippen molar-refractivity contribution in [2.24, 2.45) is 0 Å². The molecule has 2 aromatic heterocycles. The van der Waals surface area contributed by atoms with Gasteiger partial charge in [-0.25, -0.2) is 9.97 Å². The SMILES string of the molecule is Cc1nsc2ncnc(NC3CC3)c12. The molecule has 0 aromatic carbocycles. The normalized spacial score (nSPS) is 16.1. The lowest BCUT2D eigenvalue weighted by Gasteiger charge is -2.03. The minimum atomic E-state index is 0.618. The van der Waals surface area contributed by atoms with Crippen LogP contribution in [0.25, 0.3) is 10.2 Å². The minimum Gasteiger partial charge on any atom is -0.367 e. The molecule has 1 aliphatic carbocycles. The first kappa shape index (κ1) is 8.11. The highest BCUT2D eigenvalue weighted by Gasteiger charge is 2.23. The summed E-state index contributed by atoms with van der Waals surface area (Å²) in [5, 5.41) is 4.49. The molecule has 3 rings (SSSR count). The first-order valence-corrected chi connectivity index (χ1v) is 5.45. The average molecular weight is 206 g/mol. The highest BCUT2D eigenvalue weighted by Crippen LogP contribution is 2.30. The van der Waals surface area contributed by atoms with E-state index in [9.17, 15) is 0 Å². The van der Waals surface area contributed by atoms with Gasteiger partial charge in [0, 0.05) is 6.04 Å². The van der Waals surface area contributed by atoms with E-state index in [-0.39, 0.29) is 0 Å². The molecule has 0 amide bonds. The van der Waals surface area contributed by atoms with Crippen LogP contribution >= 0.6 is 11.5 Å². The van der Waals surface area contributed by atoms with E-state index >= 15 is 0 Å². The van der Waals surface area contributed by atoms with Gasteiger partial charge in [0.1, 0.15) is 17.0 Å². The van der Waals surface area contributed by atoms with Crippen LogP contribution in [0, 0.1) is 6.92 Å². The molecule has 0 saturated heterocycles. The van der Waals surface area contributed by atoms with Crippen LogP contribution in [0.5, 0.6) is 0 Å². The summed E-state index contributed by atoms with van der Waals surface area (Å²) in [5.41, 5.74) is 1.02. The molecule has 14 heavy (non-hydrogen) atoms. The van der Waals surface area contributed by atoms with E-state index < -0.39 is 0 Å². The number of anilines is 1. The van der Waals surface area contributed by atoms with Crippen LogP contribution in [0.15, 0.2) is 6.33 Å². The number of aryl methyl sites for hydroxylation is 1. The summed E-state index contributed by atoms with van der Waals surface area (Å²) in [6, 6.07) is 0.618. The fraction of sp³-hybridized carbons (Fsp3) is 0.444. The predicted octanol–water partition coefficient (Wildman–Crippen LogP) is 1.97. The number of rotatable bonds is 2. The van der Waals surface area contributed by atoms with Gasteiger partial charge in [-0.15, -0.1) is 0 Å². The van der Waals surface area contributed by atoms with Gasteiger partial charge in [-0.3, -0.25) is 0 Å². The van der Waals surface area contributed by atoms with Gasteiger partial charge in [0.15, 0.2) is 0 Å².